The number of aryl methyl sites for hydroxylation is 1. The number of rotatable bonds is 3. The number of aromatic nitrogens is 2. The summed E-state index contributed by atoms with van der Waals surface area (Å²) in [6, 6.07) is 11.6. The van der Waals surface area contributed by atoms with E-state index >= 15 is 0 Å². The molecule has 5 rings (SSSR count). The number of anilines is 1. The Bertz CT molecular complexity index is 1270. The number of benzene rings is 2. The van der Waals surface area contributed by atoms with Crippen LogP contribution in [0.5, 0.6) is 0 Å². The molecule has 0 radical (unpaired) electrons. The van der Waals surface area contributed by atoms with E-state index in [9.17, 15) is 17.6 Å². The molecule has 1 N–H and O–H groups in total. The third kappa shape index (κ3) is 2.42. The second-order valence-electron chi connectivity index (χ2n) is 7.57. The molecule has 1 fully saturated rings. The Kier molecular flexibility index (Phi) is 4.09. The molecule has 1 spiro atoms. The van der Waals surface area contributed by atoms with E-state index in [2.05, 4.69) is 10.3 Å². The number of carbonyl (C=O) groups excluding carboxylic acids is 1. The molecule has 0 saturated carbocycles. The first kappa shape index (κ1) is 19.0. The molecule has 30 heavy (non-hydrogen) atoms. The van der Waals surface area contributed by atoms with Crippen LogP contribution >= 0.6 is 0 Å². The van der Waals surface area contributed by atoms with Crippen molar-refractivity contribution in [2.24, 2.45) is 7.05 Å². The maximum absolute atomic E-state index is 14.5. The quantitative estimate of drug-likeness (QED) is 0.698. The van der Waals surface area contributed by atoms with E-state index in [0.29, 0.717) is 11.5 Å². The molecule has 1 aromatic heterocycles. The molecule has 9 heteroatoms. The summed E-state index contributed by atoms with van der Waals surface area (Å²) in [4.78, 5) is 17.3. The molecule has 0 bridgehead atoms. The number of fused-ring (bicyclic) bond motifs is 2. The minimum Gasteiger partial charge on any atom is -0.337 e. The maximum Gasteiger partial charge on any atom is 0.246 e. The Morgan fingerprint density at radius 2 is 1.90 bits per heavy atom. The minimum absolute atomic E-state index is 0.0654. The van der Waals surface area contributed by atoms with Crippen molar-refractivity contribution in [1.82, 2.24) is 13.9 Å². The first-order valence-electron chi connectivity index (χ1n) is 9.52. The number of imidazole rings is 1. The van der Waals surface area contributed by atoms with Crippen LogP contribution in [0.2, 0.25) is 0 Å². The fourth-order valence-corrected chi connectivity index (χ4v) is 6.39. The normalized spacial score (nSPS) is 23.7. The molecule has 2 aliphatic heterocycles. The van der Waals surface area contributed by atoms with Crippen molar-refractivity contribution in [3.05, 3.63) is 78.1 Å². The number of sulfonamides is 1. The lowest BCUT2D eigenvalue weighted by atomic mass is 9.75. The Hall–Kier alpha value is -3.04. The first-order valence-corrected chi connectivity index (χ1v) is 11.0. The van der Waals surface area contributed by atoms with E-state index in [1.54, 1.807) is 30.1 Å². The summed E-state index contributed by atoms with van der Waals surface area (Å²) in [6.07, 6.45) is 3.53. The van der Waals surface area contributed by atoms with Gasteiger partial charge in [-0.15, -0.1) is 0 Å². The number of hydrogen-bond acceptors (Lipinski definition) is 4. The Balaban J connectivity index is 1.75. The zero-order valence-corrected chi connectivity index (χ0v) is 16.9. The monoisotopic (exact) mass is 426 g/mol. The summed E-state index contributed by atoms with van der Waals surface area (Å²) >= 11 is 0. The van der Waals surface area contributed by atoms with Crippen molar-refractivity contribution >= 4 is 21.6 Å². The summed E-state index contributed by atoms with van der Waals surface area (Å²) in [6.45, 7) is 0.0654. The molecule has 2 aromatic carbocycles. The van der Waals surface area contributed by atoms with E-state index in [1.165, 1.54) is 22.5 Å². The zero-order valence-electron chi connectivity index (χ0n) is 16.1. The van der Waals surface area contributed by atoms with Crippen LogP contribution in [0.4, 0.5) is 10.1 Å². The van der Waals surface area contributed by atoms with Gasteiger partial charge in [-0.3, -0.25) is 4.79 Å². The van der Waals surface area contributed by atoms with E-state index in [4.69, 9.17) is 0 Å². The van der Waals surface area contributed by atoms with Crippen LogP contribution in [0.3, 0.4) is 0 Å². The Labute approximate surface area is 173 Å². The molecular weight excluding hydrogens is 407 g/mol. The van der Waals surface area contributed by atoms with Gasteiger partial charge in [-0.25, -0.2) is 17.8 Å². The number of nitrogens with one attached hydrogen (secondary N) is 1. The lowest BCUT2D eigenvalue weighted by Crippen LogP contribution is -2.43. The number of nitrogens with zero attached hydrogens (tertiary/aromatic N) is 3. The van der Waals surface area contributed by atoms with Crippen molar-refractivity contribution in [2.45, 2.75) is 22.8 Å². The van der Waals surface area contributed by atoms with Crippen LogP contribution in [0.15, 0.2) is 65.8 Å². The number of para-hydroxylation sites is 1. The van der Waals surface area contributed by atoms with Crippen molar-refractivity contribution in [3.8, 4) is 0 Å². The summed E-state index contributed by atoms with van der Waals surface area (Å²) in [7, 11) is -2.47. The lowest BCUT2D eigenvalue weighted by molar-refractivity contribution is -0.121. The summed E-state index contributed by atoms with van der Waals surface area (Å²) in [5.74, 6) is -0.671. The van der Waals surface area contributed by atoms with Crippen molar-refractivity contribution < 1.29 is 17.6 Å². The van der Waals surface area contributed by atoms with E-state index < -0.39 is 32.2 Å². The minimum atomic E-state index is -4.23. The third-order valence-corrected chi connectivity index (χ3v) is 7.97. The molecule has 3 aromatic rings. The number of carbonyl (C=O) groups is 1. The molecule has 2 atom stereocenters. The highest BCUT2D eigenvalue weighted by atomic mass is 32.2. The molecule has 7 nitrogen and oxygen atoms in total. The van der Waals surface area contributed by atoms with Gasteiger partial charge in [0.05, 0.1) is 0 Å². The Morgan fingerprint density at radius 1 is 1.17 bits per heavy atom. The van der Waals surface area contributed by atoms with Gasteiger partial charge in [0.25, 0.3) is 0 Å². The van der Waals surface area contributed by atoms with E-state index in [0.717, 1.165) is 11.6 Å². The van der Waals surface area contributed by atoms with Gasteiger partial charge in [0.2, 0.25) is 15.9 Å². The van der Waals surface area contributed by atoms with Gasteiger partial charge < -0.3 is 9.88 Å². The van der Waals surface area contributed by atoms with Crippen LogP contribution in [0, 0.1) is 5.82 Å². The van der Waals surface area contributed by atoms with Gasteiger partial charge in [-0.05, 0) is 30.2 Å². The van der Waals surface area contributed by atoms with Crippen molar-refractivity contribution in [3.63, 3.8) is 0 Å². The van der Waals surface area contributed by atoms with Crippen LogP contribution < -0.4 is 5.32 Å². The predicted molar refractivity (Wildman–Crippen MR) is 108 cm³/mol. The summed E-state index contributed by atoms with van der Waals surface area (Å²) in [5, 5.41) is 2.89. The predicted octanol–water partition coefficient (Wildman–Crippen LogP) is 2.59. The zero-order chi connectivity index (χ0) is 21.1. The molecule has 3 heterocycles. The van der Waals surface area contributed by atoms with Gasteiger partial charge >= 0.3 is 0 Å². The molecule has 1 saturated heterocycles. The average molecular weight is 426 g/mol. The smallest absolute Gasteiger partial charge is 0.246 e. The van der Waals surface area contributed by atoms with E-state index in [1.807, 2.05) is 18.2 Å². The van der Waals surface area contributed by atoms with Crippen LogP contribution in [0.25, 0.3) is 0 Å². The summed E-state index contributed by atoms with van der Waals surface area (Å²) in [5.41, 5.74) is 0.245. The average Bonchev–Trinajstić information content (AvgIpc) is 3.39. The second-order valence-corrected chi connectivity index (χ2v) is 9.43. The van der Waals surface area contributed by atoms with Crippen LogP contribution in [-0.2, 0) is 27.3 Å². The van der Waals surface area contributed by atoms with Gasteiger partial charge in [-0.1, -0.05) is 30.3 Å². The van der Waals surface area contributed by atoms with Crippen LogP contribution in [0.1, 0.15) is 23.9 Å². The number of halogens is 1. The molecular formula is C21H19FN4O3S. The lowest BCUT2D eigenvalue weighted by Gasteiger charge is -2.33. The van der Waals surface area contributed by atoms with Crippen LogP contribution in [-0.4, -0.2) is 34.7 Å². The van der Waals surface area contributed by atoms with Gasteiger partial charge in [0.15, 0.2) is 0 Å². The molecule has 1 amide bonds. The van der Waals surface area contributed by atoms with E-state index in [-0.39, 0.29) is 18.9 Å². The number of hydrogen-bond donors (Lipinski definition) is 1. The molecule has 0 unspecified atom stereocenters. The van der Waals surface area contributed by atoms with Gasteiger partial charge in [0, 0.05) is 31.7 Å². The van der Waals surface area contributed by atoms with Crippen molar-refractivity contribution in [1.29, 1.82) is 0 Å². The third-order valence-electron chi connectivity index (χ3n) is 6.07. The van der Waals surface area contributed by atoms with Gasteiger partial charge in [-0.2, -0.15) is 4.31 Å². The van der Waals surface area contributed by atoms with Crippen molar-refractivity contribution in [2.75, 3.05) is 11.9 Å². The molecule has 2 aliphatic rings. The summed E-state index contributed by atoms with van der Waals surface area (Å²) < 4.78 is 44.5. The maximum atomic E-state index is 14.5. The Morgan fingerprint density at radius 3 is 2.63 bits per heavy atom. The second kappa shape index (κ2) is 6.48. The SMILES string of the molecule is Cn1ccnc1[C@@H]1N(S(=O)(=O)c2ccccc2F)CC[C@]12C(=O)Nc1ccccc12. The fourth-order valence-electron chi connectivity index (χ4n) is 4.68. The largest absolute Gasteiger partial charge is 0.337 e. The highest BCUT2D eigenvalue weighted by Gasteiger charge is 2.62. The first-order chi connectivity index (χ1) is 14.4. The highest BCUT2D eigenvalue weighted by molar-refractivity contribution is 7.89. The molecule has 0 aliphatic carbocycles. The standard InChI is InChI=1S/C21H19FN4O3S/c1-25-13-11-23-19(25)18-21(14-6-2-4-8-16(14)24-20(21)27)10-12-26(18)30(28,29)17-9-5-3-7-15(17)22/h2-9,11,13,18H,10,12H2,1H3,(H,24,27)/t18-,21+/m0/s1. The number of amides is 1. The van der Waals surface area contributed by atoms with Gasteiger partial charge in [0.1, 0.15) is 28.0 Å². The fraction of sp³-hybridized carbons (Fsp3) is 0.238. The highest BCUT2D eigenvalue weighted by Crippen LogP contribution is 2.55. The topological polar surface area (TPSA) is 84.3 Å². The molecule has 154 valence electrons.